The van der Waals surface area contributed by atoms with Gasteiger partial charge in [0.05, 0.1) is 0 Å². The average molecular weight is 249 g/mol. The molecule has 2 rings (SSSR count). The van der Waals surface area contributed by atoms with Crippen molar-refractivity contribution in [2.45, 2.75) is 38.7 Å². The van der Waals surface area contributed by atoms with Gasteiger partial charge in [0.2, 0.25) is 0 Å². The number of hydrogen-bond donors (Lipinski definition) is 2. The van der Waals surface area contributed by atoms with Crippen LogP contribution in [0.1, 0.15) is 32.6 Å². The Balaban J connectivity index is 1.86. The van der Waals surface area contributed by atoms with Crippen molar-refractivity contribution in [3.05, 3.63) is 24.3 Å². The Morgan fingerprint density at radius 1 is 1.28 bits per heavy atom. The molecule has 1 saturated carbocycles. The van der Waals surface area contributed by atoms with Gasteiger partial charge in [-0.05, 0) is 49.4 Å². The molecule has 1 fully saturated rings. The maximum absolute atomic E-state index is 11.7. The minimum Gasteiger partial charge on any atom is -0.508 e. The van der Waals surface area contributed by atoms with Crippen LogP contribution in [0.3, 0.4) is 0 Å². The third-order valence-electron chi connectivity index (χ3n) is 3.40. The number of benzene rings is 1. The third kappa shape index (κ3) is 3.39. The molecule has 1 aromatic rings. The van der Waals surface area contributed by atoms with E-state index in [1.54, 1.807) is 12.1 Å². The second-order valence-electron chi connectivity index (χ2n) is 4.88. The van der Waals surface area contributed by atoms with E-state index in [0.717, 1.165) is 19.3 Å². The first-order valence-electron chi connectivity index (χ1n) is 6.42. The Kier molecular flexibility index (Phi) is 4.07. The number of amides is 1. The predicted octanol–water partition coefficient (Wildman–Crippen LogP) is 3.52. The summed E-state index contributed by atoms with van der Waals surface area (Å²) in [6.07, 6.45) is 4.03. The topological polar surface area (TPSA) is 58.6 Å². The molecule has 4 heteroatoms. The van der Waals surface area contributed by atoms with Crippen molar-refractivity contribution < 1.29 is 14.6 Å². The van der Waals surface area contributed by atoms with Gasteiger partial charge in [-0.15, -0.1) is 0 Å². The molecule has 1 amide bonds. The summed E-state index contributed by atoms with van der Waals surface area (Å²) < 4.78 is 5.43. The summed E-state index contributed by atoms with van der Waals surface area (Å²) in [6, 6.07) is 6.33. The van der Waals surface area contributed by atoms with E-state index in [1.165, 1.54) is 18.6 Å². The number of anilines is 1. The molecule has 4 nitrogen and oxygen atoms in total. The van der Waals surface area contributed by atoms with Crippen molar-refractivity contribution >= 4 is 11.8 Å². The number of carbonyl (C=O) groups is 1. The largest absolute Gasteiger partial charge is 0.508 e. The minimum absolute atomic E-state index is 0.0239. The van der Waals surface area contributed by atoms with Crippen LogP contribution in [0, 0.1) is 5.92 Å². The minimum atomic E-state index is -0.417. The van der Waals surface area contributed by atoms with Crippen LogP contribution in [0.4, 0.5) is 10.5 Å². The molecular weight excluding hydrogens is 230 g/mol. The molecule has 0 aromatic heterocycles. The zero-order valence-corrected chi connectivity index (χ0v) is 10.6. The van der Waals surface area contributed by atoms with E-state index in [0.29, 0.717) is 11.6 Å². The van der Waals surface area contributed by atoms with E-state index in [-0.39, 0.29) is 11.9 Å². The number of carbonyl (C=O) groups excluding carboxylic acids is 1. The van der Waals surface area contributed by atoms with Gasteiger partial charge >= 0.3 is 6.09 Å². The van der Waals surface area contributed by atoms with Gasteiger partial charge in [-0.25, -0.2) is 4.79 Å². The highest BCUT2D eigenvalue weighted by atomic mass is 16.6. The lowest BCUT2D eigenvalue weighted by molar-refractivity contribution is 0.0524. The lowest BCUT2D eigenvalue weighted by Crippen LogP contribution is -2.30. The molecule has 0 saturated heterocycles. The molecular formula is C14H19NO3. The molecule has 0 heterocycles. The molecule has 1 aliphatic carbocycles. The summed E-state index contributed by atoms with van der Waals surface area (Å²) in [4.78, 5) is 11.7. The molecule has 1 aliphatic rings. The predicted molar refractivity (Wildman–Crippen MR) is 69.6 cm³/mol. The van der Waals surface area contributed by atoms with E-state index < -0.39 is 6.09 Å². The number of ether oxygens (including phenoxy) is 1. The number of phenolic OH excluding ortho intramolecular Hbond substituents is 1. The van der Waals surface area contributed by atoms with Gasteiger partial charge in [0.25, 0.3) is 0 Å². The first-order valence-corrected chi connectivity index (χ1v) is 6.42. The number of phenols is 1. The average Bonchev–Trinajstić information content (AvgIpc) is 2.35. The molecule has 0 bridgehead atoms. The summed E-state index contributed by atoms with van der Waals surface area (Å²) in [7, 11) is 0. The molecule has 1 aromatic carbocycles. The van der Waals surface area contributed by atoms with Gasteiger partial charge < -0.3 is 9.84 Å². The molecule has 0 radical (unpaired) electrons. The van der Waals surface area contributed by atoms with E-state index in [2.05, 4.69) is 12.2 Å². The Morgan fingerprint density at radius 2 is 1.94 bits per heavy atom. The number of nitrogens with one attached hydrogen (secondary N) is 1. The Hall–Kier alpha value is -1.71. The zero-order valence-electron chi connectivity index (χ0n) is 10.6. The van der Waals surface area contributed by atoms with Crippen LogP contribution in [0.2, 0.25) is 0 Å². The molecule has 0 spiro atoms. The standard InChI is InChI=1S/C14H19NO3/c1-10-4-2-3-5-13(10)18-14(17)15-11-6-8-12(16)9-7-11/h6-10,13,16H,2-5H2,1H3,(H,15,17). The summed E-state index contributed by atoms with van der Waals surface area (Å²) in [5, 5.41) is 11.8. The van der Waals surface area contributed by atoms with Crippen LogP contribution in [-0.2, 0) is 4.74 Å². The van der Waals surface area contributed by atoms with Crippen LogP contribution in [-0.4, -0.2) is 17.3 Å². The first-order chi connectivity index (χ1) is 8.65. The maximum Gasteiger partial charge on any atom is 0.411 e. The number of hydrogen-bond acceptors (Lipinski definition) is 3. The highest BCUT2D eigenvalue weighted by Crippen LogP contribution is 2.26. The highest BCUT2D eigenvalue weighted by Gasteiger charge is 2.24. The molecule has 98 valence electrons. The summed E-state index contributed by atoms with van der Waals surface area (Å²) in [5.41, 5.74) is 0.626. The Bertz CT molecular complexity index is 402. The molecule has 18 heavy (non-hydrogen) atoms. The Labute approximate surface area is 107 Å². The third-order valence-corrected chi connectivity index (χ3v) is 3.40. The van der Waals surface area contributed by atoms with Crippen LogP contribution in [0.25, 0.3) is 0 Å². The summed E-state index contributed by atoms with van der Waals surface area (Å²) in [5.74, 6) is 0.610. The van der Waals surface area contributed by atoms with Crippen LogP contribution in [0.15, 0.2) is 24.3 Å². The van der Waals surface area contributed by atoms with Crippen LogP contribution >= 0.6 is 0 Å². The van der Waals surface area contributed by atoms with Crippen molar-refractivity contribution in [2.75, 3.05) is 5.32 Å². The second kappa shape index (κ2) is 5.76. The zero-order chi connectivity index (χ0) is 13.0. The molecule has 0 aliphatic heterocycles. The fourth-order valence-corrected chi connectivity index (χ4v) is 2.29. The van der Waals surface area contributed by atoms with Gasteiger partial charge in [0.15, 0.2) is 0 Å². The maximum atomic E-state index is 11.7. The monoisotopic (exact) mass is 249 g/mol. The summed E-state index contributed by atoms with van der Waals surface area (Å²) >= 11 is 0. The van der Waals surface area contributed by atoms with Crippen molar-refractivity contribution in [3.63, 3.8) is 0 Å². The Morgan fingerprint density at radius 3 is 2.61 bits per heavy atom. The summed E-state index contributed by atoms with van der Waals surface area (Å²) in [6.45, 7) is 2.12. The lowest BCUT2D eigenvalue weighted by atomic mass is 9.88. The van der Waals surface area contributed by atoms with Gasteiger partial charge in [-0.2, -0.15) is 0 Å². The molecule has 2 atom stereocenters. The fourth-order valence-electron chi connectivity index (χ4n) is 2.29. The van der Waals surface area contributed by atoms with Crippen molar-refractivity contribution in [3.8, 4) is 5.75 Å². The van der Waals surface area contributed by atoms with E-state index in [4.69, 9.17) is 9.84 Å². The van der Waals surface area contributed by atoms with E-state index in [1.807, 2.05) is 0 Å². The van der Waals surface area contributed by atoms with Crippen molar-refractivity contribution in [2.24, 2.45) is 5.92 Å². The van der Waals surface area contributed by atoms with Crippen molar-refractivity contribution in [1.29, 1.82) is 0 Å². The molecule has 2 unspecified atom stereocenters. The normalized spacial score (nSPS) is 23.4. The fraction of sp³-hybridized carbons (Fsp3) is 0.500. The van der Waals surface area contributed by atoms with Gasteiger partial charge in [-0.3, -0.25) is 5.32 Å². The lowest BCUT2D eigenvalue weighted by Gasteiger charge is -2.28. The smallest absolute Gasteiger partial charge is 0.411 e. The van der Waals surface area contributed by atoms with Crippen molar-refractivity contribution in [1.82, 2.24) is 0 Å². The second-order valence-corrected chi connectivity index (χ2v) is 4.88. The van der Waals surface area contributed by atoms with E-state index in [9.17, 15) is 4.79 Å². The van der Waals surface area contributed by atoms with Gasteiger partial charge in [-0.1, -0.05) is 13.3 Å². The number of rotatable bonds is 2. The SMILES string of the molecule is CC1CCCCC1OC(=O)Nc1ccc(O)cc1. The highest BCUT2D eigenvalue weighted by molar-refractivity contribution is 5.84. The van der Waals surface area contributed by atoms with E-state index >= 15 is 0 Å². The van der Waals surface area contributed by atoms with Gasteiger partial charge in [0.1, 0.15) is 11.9 Å². The first kappa shape index (κ1) is 12.7. The quantitative estimate of drug-likeness (QED) is 0.788. The van der Waals surface area contributed by atoms with Crippen LogP contribution < -0.4 is 5.32 Å². The van der Waals surface area contributed by atoms with Gasteiger partial charge in [0, 0.05) is 5.69 Å². The molecule has 2 N–H and O–H groups in total. The van der Waals surface area contributed by atoms with Crippen LogP contribution in [0.5, 0.6) is 5.75 Å². The number of aromatic hydroxyl groups is 1.